The number of hydrogen-bond donors (Lipinski definition) is 0. The highest BCUT2D eigenvalue weighted by molar-refractivity contribution is 7.17. The lowest BCUT2D eigenvalue weighted by Crippen LogP contribution is -2.12. The van der Waals surface area contributed by atoms with Crippen LogP contribution < -0.4 is 0 Å². The Morgan fingerprint density at radius 3 is 2.70 bits per heavy atom. The van der Waals surface area contributed by atoms with Gasteiger partial charge >= 0.3 is 0 Å². The molecule has 0 saturated carbocycles. The molecule has 3 nitrogen and oxygen atoms in total. The number of aromatic nitrogens is 2. The van der Waals surface area contributed by atoms with Crippen LogP contribution in [0.15, 0.2) is 60.4 Å². The van der Waals surface area contributed by atoms with E-state index in [1.807, 2.05) is 48.5 Å². The number of carbonyl (C=O) groups is 1. The van der Waals surface area contributed by atoms with E-state index in [4.69, 9.17) is 0 Å². The Morgan fingerprint density at radius 2 is 1.91 bits per heavy atom. The predicted octanol–water partition coefficient (Wildman–Crippen LogP) is 4.42. The first-order valence-electron chi connectivity index (χ1n) is 7.52. The van der Waals surface area contributed by atoms with Gasteiger partial charge in [0.05, 0.1) is 10.6 Å². The van der Waals surface area contributed by atoms with Gasteiger partial charge in [0.2, 0.25) is 5.78 Å². The number of thiazole rings is 1. The summed E-state index contributed by atoms with van der Waals surface area (Å²) in [4.78, 5) is 22.3. The first-order valence-corrected chi connectivity index (χ1v) is 8.33. The van der Waals surface area contributed by atoms with Crippen molar-refractivity contribution in [2.24, 2.45) is 0 Å². The molecule has 0 bridgehead atoms. The van der Waals surface area contributed by atoms with Crippen LogP contribution in [0.3, 0.4) is 0 Å². The molecule has 0 spiro atoms. The number of pyridine rings is 1. The van der Waals surface area contributed by atoms with E-state index in [0.29, 0.717) is 0 Å². The fraction of sp³-hybridized carbons (Fsp3) is 0.105. The average Bonchev–Trinajstić information content (AvgIpc) is 3.04. The van der Waals surface area contributed by atoms with Crippen molar-refractivity contribution in [3.63, 3.8) is 0 Å². The van der Waals surface area contributed by atoms with E-state index in [0.717, 1.165) is 45.1 Å². The lowest BCUT2D eigenvalue weighted by atomic mass is 9.94. The largest absolute Gasteiger partial charge is 0.288 e. The zero-order valence-electron chi connectivity index (χ0n) is 12.4. The maximum absolute atomic E-state index is 12.7. The first-order chi connectivity index (χ1) is 11.3. The fourth-order valence-corrected chi connectivity index (χ4v) is 3.81. The Hall–Kier alpha value is -2.59. The van der Waals surface area contributed by atoms with E-state index >= 15 is 0 Å². The summed E-state index contributed by atoms with van der Waals surface area (Å²) in [5, 5.41) is 0.923. The normalized spacial score (nSPS) is 15.7. The number of hydrogen-bond acceptors (Lipinski definition) is 4. The van der Waals surface area contributed by atoms with Crippen LogP contribution in [-0.2, 0) is 6.42 Å². The highest BCUT2D eigenvalue weighted by Gasteiger charge is 2.26. The molecule has 1 aliphatic carbocycles. The van der Waals surface area contributed by atoms with Gasteiger partial charge < -0.3 is 0 Å². The Bertz CT molecular complexity index is 882. The number of fused-ring (bicyclic) bond motifs is 1. The molecular formula is C19H14N2OS. The maximum atomic E-state index is 12.7. The number of nitrogens with zero attached hydrogens (tertiary/aromatic N) is 2. The molecule has 23 heavy (non-hydrogen) atoms. The predicted molar refractivity (Wildman–Crippen MR) is 92.4 cm³/mol. The van der Waals surface area contributed by atoms with Crippen LogP contribution in [-0.4, -0.2) is 15.8 Å². The van der Waals surface area contributed by atoms with Gasteiger partial charge in [-0.25, -0.2) is 4.98 Å². The van der Waals surface area contributed by atoms with E-state index in [2.05, 4.69) is 9.97 Å². The summed E-state index contributed by atoms with van der Waals surface area (Å²) in [6.07, 6.45) is 7.01. The summed E-state index contributed by atoms with van der Waals surface area (Å²) in [5.41, 5.74) is 3.81. The van der Waals surface area contributed by atoms with Crippen molar-refractivity contribution in [1.82, 2.24) is 9.97 Å². The molecule has 4 heteroatoms. The SMILES string of the molecule is O=C1/C(=C/c2cccnc2)CCc2nc(-c3ccccc3)sc21. The highest BCUT2D eigenvalue weighted by Crippen LogP contribution is 2.34. The zero-order chi connectivity index (χ0) is 15.6. The Morgan fingerprint density at radius 1 is 1.04 bits per heavy atom. The number of benzene rings is 1. The van der Waals surface area contributed by atoms with Crippen molar-refractivity contribution in [3.05, 3.63) is 76.6 Å². The second-order valence-electron chi connectivity index (χ2n) is 5.45. The second kappa shape index (κ2) is 5.89. The van der Waals surface area contributed by atoms with Crippen molar-refractivity contribution < 1.29 is 4.79 Å². The van der Waals surface area contributed by atoms with Gasteiger partial charge in [-0.3, -0.25) is 9.78 Å². The molecule has 1 aliphatic rings. The molecule has 0 aliphatic heterocycles. The molecule has 0 radical (unpaired) electrons. The van der Waals surface area contributed by atoms with Gasteiger partial charge in [-0.2, -0.15) is 0 Å². The monoisotopic (exact) mass is 318 g/mol. The molecule has 1 aromatic carbocycles. The van der Waals surface area contributed by atoms with Gasteiger partial charge in [0, 0.05) is 23.5 Å². The van der Waals surface area contributed by atoms with E-state index in [1.54, 1.807) is 12.4 Å². The van der Waals surface area contributed by atoms with Gasteiger partial charge in [0.15, 0.2) is 0 Å². The van der Waals surface area contributed by atoms with Crippen LogP contribution >= 0.6 is 11.3 Å². The summed E-state index contributed by atoms with van der Waals surface area (Å²) in [6.45, 7) is 0. The van der Waals surface area contributed by atoms with E-state index in [-0.39, 0.29) is 5.78 Å². The summed E-state index contributed by atoms with van der Waals surface area (Å²) >= 11 is 1.49. The van der Waals surface area contributed by atoms with Gasteiger partial charge in [0.1, 0.15) is 5.01 Å². The molecule has 2 aromatic heterocycles. The summed E-state index contributed by atoms with van der Waals surface area (Å²) < 4.78 is 0. The van der Waals surface area contributed by atoms with Gasteiger partial charge in [-0.05, 0) is 30.5 Å². The average molecular weight is 318 g/mol. The van der Waals surface area contributed by atoms with Crippen LogP contribution in [0.1, 0.15) is 27.3 Å². The van der Waals surface area contributed by atoms with Crippen LogP contribution in [0.25, 0.3) is 16.6 Å². The van der Waals surface area contributed by atoms with E-state index in [9.17, 15) is 4.79 Å². The number of Topliss-reactive ketones (excluding diaryl/α,β-unsaturated/α-hetero) is 1. The quantitative estimate of drug-likeness (QED) is 0.657. The summed E-state index contributed by atoms with van der Waals surface area (Å²) in [6, 6.07) is 13.9. The Kier molecular flexibility index (Phi) is 3.60. The minimum Gasteiger partial charge on any atom is -0.288 e. The standard InChI is InChI=1S/C19H14N2OS/c22-17-15(11-13-5-4-10-20-12-13)8-9-16-18(17)23-19(21-16)14-6-2-1-3-7-14/h1-7,10-12H,8-9H2/b15-11+. The van der Waals surface area contributed by atoms with Crippen molar-refractivity contribution in [2.75, 3.05) is 0 Å². The van der Waals surface area contributed by atoms with Crippen LogP contribution in [0.5, 0.6) is 0 Å². The van der Waals surface area contributed by atoms with Crippen molar-refractivity contribution >= 4 is 23.2 Å². The fourth-order valence-electron chi connectivity index (χ4n) is 2.72. The molecule has 4 rings (SSSR count). The third-order valence-electron chi connectivity index (χ3n) is 3.87. The molecule has 112 valence electrons. The zero-order valence-corrected chi connectivity index (χ0v) is 13.2. The van der Waals surface area contributed by atoms with Gasteiger partial charge in [-0.1, -0.05) is 36.4 Å². The van der Waals surface area contributed by atoms with E-state index in [1.165, 1.54) is 11.3 Å². The molecule has 0 fully saturated rings. The Labute approximate surface area is 138 Å². The third-order valence-corrected chi connectivity index (χ3v) is 5.02. The molecule has 0 saturated heterocycles. The summed E-state index contributed by atoms with van der Waals surface area (Å²) in [7, 11) is 0. The molecule has 0 N–H and O–H groups in total. The first kappa shape index (κ1) is 14.0. The number of ketones is 1. The number of rotatable bonds is 2. The smallest absolute Gasteiger partial charge is 0.200 e. The molecule has 0 unspecified atom stereocenters. The van der Waals surface area contributed by atoms with Crippen molar-refractivity contribution in [2.45, 2.75) is 12.8 Å². The Balaban J connectivity index is 1.70. The molecular weight excluding hydrogens is 304 g/mol. The highest BCUT2D eigenvalue weighted by atomic mass is 32.1. The number of allylic oxidation sites excluding steroid dienone is 1. The minimum absolute atomic E-state index is 0.106. The molecule has 3 aromatic rings. The summed E-state index contributed by atoms with van der Waals surface area (Å²) in [5.74, 6) is 0.106. The molecule has 2 heterocycles. The van der Waals surface area contributed by atoms with Crippen LogP contribution in [0.2, 0.25) is 0 Å². The third kappa shape index (κ3) is 2.73. The lowest BCUT2D eigenvalue weighted by Gasteiger charge is -2.12. The van der Waals surface area contributed by atoms with Gasteiger partial charge in [-0.15, -0.1) is 11.3 Å². The maximum Gasteiger partial charge on any atom is 0.200 e. The van der Waals surface area contributed by atoms with Crippen LogP contribution in [0, 0.1) is 0 Å². The van der Waals surface area contributed by atoms with Crippen LogP contribution in [0.4, 0.5) is 0 Å². The lowest BCUT2D eigenvalue weighted by molar-refractivity contribution is 0.103. The van der Waals surface area contributed by atoms with Crippen molar-refractivity contribution in [3.8, 4) is 10.6 Å². The van der Waals surface area contributed by atoms with Crippen molar-refractivity contribution in [1.29, 1.82) is 0 Å². The van der Waals surface area contributed by atoms with E-state index < -0.39 is 0 Å². The second-order valence-corrected chi connectivity index (χ2v) is 6.44. The number of aryl methyl sites for hydroxylation is 1. The molecule has 0 atom stereocenters. The number of carbonyl (C=O) groups excluding carboxylic acids is 1. The molecule has 0 amide bonds. The topological polar surface area (TPSA) is 42.9 Å². The van der Waals surface area contributed by atoms with Gasteiger partial charge in [0.25, 0.3) is 0 Å². The minimum atomic E-state index is 0.106.